The van der Waals surface area contributed by atoms with Crippen molar-refractivity contribution in [3.05, 3.63) is 106 Å². The molecule has 0 spiro atoms. The number of rotatable bonds is 9. The van der Waals surface area contributed by atoms with Crippen molar-refractivity contribution in [2.45, 2.75) is 57.2 Å². The van der Waals surface area contributed by atoms with Crippen molar-refractivity contribution < 1.29 is 9.59 Å². The molecule has 1 fully saturated rings. The van der Waals surface area contributed by atoms with Crippen molar-refractivity contribution in [1.82, 2.24) is 10.2 Å². The highest BCUT2D eigenvalue weighted by molar-refractivity contribution is 6.31. The minimum Gasteiger partial charge on any atom is -0.352 e. The van der Waals surface area contributed by atoms with Crippen molar-refractivity contribution in [1.29, 1.82) is 0 Å². The van der Waals surface area contributed by atoms with E-state index in [4.69, 9.17) is 23.2 Å². The summed E-state index contributed by atoms with van der Waals surface area (Å²) in [7, 11) is 0. The first-order chi connectivity index (χ1) is 17.0. The van der Waals surface area contributed by atoms with Gasteiger partial charge in [0.05, 0.1) is 6.42 Å². The predicted octanol–water partition coefficient (Wildman–Crippen LogP) is 6.23. The Kier molecular flexibility index (Phi) is 8.84. The molecule has 3 aromatic rings. The van der Waals surface area contributed by atoms with Crippen LogP contribution in [0.4, 0.5) is 0 Å². The Labute approximate surface area is 217 Å². The number of benzene rings is 3. The van der Waals surface area contributed by atoms with Gasteiger partial charge in [-0.1, -0.05) is 103 Å². The summed E-state index contributed by atoms with van der Waals surface area (Å²) in [4.78, 5) is 29.1. The summed E-state index contributed by atoms with van der Waals surface area (Å²) in [6.07, 6.45) is 4.69. The van der Waals surface area contributed by atoms with Crippen molar-refractivity contribution in [2.24, 2.45) is 0 Å². The molecular weight excluding hydrogens is 479 g/mol. The molecule has 6 heteroatoms. The second-order valence-electron chi connectivity index (χ2n) is 9.08. The van der Waals surface area contributed by atoms with Crippen LogP contribution in [0.5, 0.6) is 0 Å². The minimum absolute atomic E-state index is 0.103. The second kappa shape index (κ2) is 12.2. The number of carbonyl (C=O) groups is 2. The van der Waals surface area contributed by atoms with Crippen molar-refractivity contribution in [3.63, 3.8) is 0 Å². The van der Waals surface area contributed by atoms with E-state index in [0.717, 1.165) is 42.4 Å². The first kappa shape index (κ1) is 25.3. The minimum atomic E-state index is -0.677. The lowest BCUT2D eigenvalue weighted by Gasteiger charge is -2.33. The molecule has 1 aliphatic rings. The Morgan fingerprint density at radius 1 is 0.829 bits per heavy atom. The zero-order valence-corrected chi connectivity index (χ0v) is 21.1. The summed E-state index contributed by atoms with van der Waals surface area (Å²) in [6.45, 7) is 0.235. The van der Waals surface area contributed by atoms with Gasteiger partial charge < -0.3 is 10.2 Å². The molecule has 2 amide bonds. The number of hydrogen-bond acceptors (Lipinski definition) is 2. The van der Waals surface area contributed by atoms with E-state index in [1.807, 2.05) is 66.7 Å². The summed E-state index contributed by atoms with van der Waals surface area (Å²) >= 11 is 12.9. The van der Waals surface area contributed by atoms with E-state index in [1.54, 1.807) is 17.0 Å². The van der Waals surface area contributed by atoms with Crippen LogP contribution in [-0.4, -0.2) is 28.8 Å². The maximum absolute atomic E-state index is 13.8. The maximum atomic E-state index is 13.8. The molecule has 0 radical (unpaired) electrons. The van der Waals surface area contributed by atoms with Crippen LogP contribution < -0.4 is 5.32 Å². The van der Waals surface area contributed by atoms with E-state index < -0.39 is 6.04 Å². The summed E-state index contributed by atoms with van der Waals surface area (Å²) in [5.74, 6) is -0.291. The standard InChI is InChI=1S/C29H30Cl2N2O2/c30-25-16-8-4-12-22(25)19-28(34)33(20-23-13-5-9-17-26(23)31)27(18-21-10-2-1-3-11-21)29(35)32-24-14-6-7-15-24/h1-5,8-13,16-17,24,27H,6-7,14-15,18-20H2,(H,32,35)/t27-/m1/s1. The fourth-order valence-electron chi connectivity index (χ4n) is 4.64. The first-order valence-corrected chi connectivity index (χ1v) is 12.9. The molecule has 1 aliphatic carbocycles. The normalized spacial score (nSPS) is 14.5. The Hall–Kier alpha value is -2.82. The van der Waals surface area contributed by atoms with Crippen LogP contribution in [0.25, 0.3) is 0 Å². The van der Waals surface area contributed by atoms with E-state index in [0.29, 0.717) is 16.5 Å². The second-order valence-corrected chi connectivity index (χ2v) is 9.89. The molecule has 4 nitrogen and oxygen atoms in total. The van der Waals surface area contributed by atoms with Crippen molar-refractivity contribution in [2.75, 3.05) is 0 Å². The number of amides is 2. The van der Waals surface area contributed by atoms with Crippen molar-refractivity contribution in [3.8, 4) is 0 Å². The Bertz CT molecular complexity index is 1150. The Morgan fingerprint density at radius 3 is 2.03 bits per heavy atom. The van der Waals surface area contributed by atoms with Gasteiger partial charge >= 0.3 is 0 Å². The molecule has 0 heterocycles. The van der Waals surface area contributed by atoms with Crippen LogP contribution in [0.15, 0.2) is 78.9 Å². The van der Waals surface area contributed by atoms with E-state index in [-0.39, 0.29) is 30.8 Å². The highest BCUT2D eigenvalue weighted by Gasteiger charge is 2.32. The number of nitrogens with zero attached hydrogens (tertiary/aromatic N) is 1. The third-order valence-corrected chi connectivity index (χ3v) is 7.31. The molecule has 0 unspecified atom stereocenters. The molecule has 182 valence electrons. The van der Waals surface area contributed by atoms with Crippen LogP contribution in [-0.2, 0) is 29.0 Å². The highest BCUT2D eigenvalue weighted by Crippen LogP contribution is 2.24. The van der Waals surface area contributed by atoms with E-state index >= 15 is 0 Å². The fraction of sp³-hybridized carbons (Fsp3) is 0.310. The zero-order chi connectivity index (χ0) is 24.6. The lowest BCUT2D eigenvalue weighted by Crippen LogP contribution is -2.52. The molecule has 0 saturated heterocycles. The van der Waals surface area contributed by atoms with Gasteiger partial charge in [-0.3, -0.25) is 9.59 Å². The molecule has 3 aromatic carbocycles. The topological polar surface area (TPSA) is 49.4 Å². The fourth-order valence-corrected chi connectivity index (χ4v) is 5.04. The van der Waals surface area contributed by atoms with Gasteiger partial charge in [0.2, 0.25) is 11.8 Å². The molecule has 0 aromatic heterocycles. The maximum Gasteiger partial charge on any atom is 0.243 e. The van der Waals surface area contributed by atoms with Gasteiger partial charge in [-0.2, -0.15) is 0 Å². The number of carbonyl (C=O) groups excluding carboxylic acids is 2. The Balaban J connectivity index is 1.68. The third kappa shape index (κ3) is 6.87. The van der Waals surface area contributed by atoms with Crippen molar-refractivity contribution >= 4 is 35.0 Å². The molecule has 1 atom stereocenters. The predicted molar refractivity (Wildman–Crippen MR) is 141 cm³/mol. The van der Waals surface area contributed by atoms with Gasteiger partial charge in [-0.05, 0) is 41.7 Å². The van der Waals surface area contributed by atoms with Crippen LogP contribution in [0.1, 0.15) is 42.4 Å². The molecule has 1 saturated carbocycles. The van der Waals surface area contributed by atoms with E-state index in [9.17, 15) is 9.59 Å². The average molecular weight is 509 g/mol. The molecular formula is C29H30Cl2N2O2. The van der Waals surface area contributed by atoms with E-state index in [2.05, 4.69) is 5.32 Å². The van der Waals surface area contributed by atoms with Gasteiger partial charge in [0.1, 0.15) is 6.04 Å². The average Bonchev–Trinajstić information content (AvgIpc) is 3.37. The molecule has 35 heavy (non-hydrogen) atoms. The van der Waals surface area contributed by atoms with Gasteiger partial charge in [-0.25, -0.2) is 0 Å². The van der Waals surface area contributed by atoms with Crippen LogP contribution in [0, 0.1) is 0 Å². The monoisotopic (exact) mass is 508 g/mol. The lowest BCUT2D eigenvalue weighted by molar-refractivity contribution is -0.141. The van der Waals surface area contributed by atoms with Gasteiger partial charge in [0.25, 0.3) is 0 Å². The smallest absolute Gasteiger partial charge is 0.243 e. The van der Waals surface area contributed by atoms with Gasteiger partial charge in [-0.15, -0.1) is 0 Å². The quantitative estimate of drug-likeness (QED) is 0.372. The van der Waals surface area contributed by atoms with E-state index in [1.165, 1.54) is 0 Å². The van der Waals surface area contributed by atoms with Gasteiger partial charge in [0, 0.05) is 29.1 Å². The number of hydrogen-bond donors (Lipinski definition) is 1. The number of nitrogens with one attached hydrogen (secondary N) is 1. The summed E-state index contributed by atoms with van der Waals surface area (Å²) in [6, 6.07) is 24.1. The molecule has 0 bridgehead atoms. The zero-order valence-electron chi connectivity index (χ0n) is 19.6. The van der Waals surface area contributed by atoms with Crippen LogP contribution in [0.2, 0.25) is 10.0 Å². The first-order valence-electron chi connectivity index (χ1n) is 12.1. The SMILES string of the molecule is O=C(NC1CCCC1)[C@@H](Cc1ccccc1)N(Cc1ccccc1Cl)C(=O)Cc1ccccc1Cl. The summed E-state index contributed by atoms with van der Waals surface area (Å²) in [5.41, 5.74) is 2.53. The third-order valence-electron chi connectivity index (χ3n) is 6.57. The van der Waals surface area contributed by atoms with Gasteiger partial charge in [0.15, 0.2) is 0 Å². The van der Waals surface area contributed by atoms with Crippen LogP contribution >= 0.6 is 23.2 Å². The molecule has 1 N–H and O–H groups in total. The molecule has 0 aliphatic heterocycles. The van der Waals surface area contributed by atoms with Crippen LogP contribution in [0.3, 0.4) is 0 Å². The number of halogens is 2. The summed E-state index contributed by atoms with van der Waals surface area (Å²) in [5, 5.41) is 4.32. The lowest BCUT2D eigenvalue weighted by atomic mass is 10.0. The molecule has 4 rings (SSSR count). The highest BCUT2D eigenvalue weighted by atomic mass is 35.5. The Morgan fingerprint density at radius 2 is 1.40 bits per heavy atom. The largest absolute Gasteiger partial charge is 0.352 e. The summed E-state index contributed by atoms with van der Waals surface area (Å²) < 4.78 is 0.